The lowest BCUT2D eigenvalue weighted by atomic mass is 10.3. The number of aromatic nitrogens is 5. The third-order valence-electron chi connectivity index (χ3n) is 4.30. The first kappa shape index (κ1) is 15.6. The van der Waals surface area contributed by atoms with Gasteiger partial charge in [0.2, 0.25) is 0 Å². The molecule has 0 amide bonds. The summed E-state index contributed by atoms with van der Waals surface area (Å²) in [4.78, 5) is 17.2. The minimum Gasteiger partial charge on any atom is -0.485 e. The van der Waals surface area contributed by atoms with Crippen molar-refractivity contribution in [3.8, 4) is 5.75 Å². The lowest BCUT2D eigenvalue weighted by Crippen LogP contribution is -2.27. The van der Waals surface area contributed by atoms with E-state index in [1.807, 2.05) is 44.1 Å². The second-order valence-electron chi connectivity index (χ2n) is 6.42. The molecule has 0 spiro atoms. The Morgan fingerprint density at radius 2 is 2.16 bits per heavy atom. The quantitative estimate of drug-likeness (QED) is 0.714. The standard InChI is InChI=1S/C17H21N7O/c1-12-9-15(24-17(21-12)19-11-20-24)23-8-6-13(10-23)25-14-5-4-7-18-16(14)22(2)3/h4-5,7,9,11,13H,6,8,10H2,1-3H3/t13-/m1/s1. The normalized spacial score (nSPS) is 17.2. The van der Waals surface area contributed by atoms with Crippen molar-refractivity contribution < 1.29 is 4.74 Å². The fraction of sp³-hybridized carbons (Fsp3) is 0.412. The van der Waals surface area contributed by atoms with Crippen LogP contribution in [0, 0.1) is 6.92 Å². The predicted molar refractivity (Wildman–Crippen MR) is 95.3 cm³/mol. The highest BCUT2D eigenvalue weighted by Crippen LogP contribution is 2.28. The molecular formula is C17H21N7O. The highest BCUT2D eigenvalue weighted by Gasteiger charge is 2.27. The van der Waals surface area contributed by atoms with Crippen LogP contribution in [0.1, 0.15) is 12.1 Å². The first-order chi connectivity index (χ1) is 12.1. The second-order valence-corrected chi connectivity index (χ2v) is 6.42. The van der Waals surface area contributed by atoms with Crippen molar-refractivity contribution in [1.82, 2.24) is 24.6 Å². The Balaban J connectivity index is 1.55. The summed E-state index contributed by atoms with van der Waals surface area (Å²) in [5, 5.41) is 4.29. The zero-order chi connectivity index (χ0) is 17.4. The minimum atomic E-state index is 0.106. The van der Waals surface area contributed by atoms with Gasteiger partial charge in [-0.25, -0.2) is 9.97 Å². The molecule has 0 aromatic carbocycles. The fourth-order valence-electron chi connectivity index (χ4n) is 3.16. The van der Waals surface area contributed by atoms with Crippen molar-refractivity contribution in [2.45, 2.75) is 19.4 Å². The van der Waals surface area contributed by atoms with Crippen molar-refractivity contribution in [1.29, 1.82) is 0 Å². The number of hydrogen-bond donors (Lipinski definition) is 0. The van der Waals surface area contributed by atoms with Gasteiger partial charge in [0.15, 0.2) is 11.6 Å². The Kier molecular flexibility index (Phi) is 3.87. The van der Waals surface area contributed by atoms with Crippen molar-refractivity contribution in [3.05, 3.63) is 36.4 Å². The highest BCUT2D eigenvalue weighted by atomic mass is 16.5. The van der Waals surface area contributed by atoms with Gasteiger partial charge in [-0.15, -0.1) is 0 Å². The van der Waals surface area contributed by atoms with E-state index in [1.54, 1.807) is 10.7 Å². The molecule has 1 atom stereocenters. The number of anilines is 2. The molecule has 0 aliphatic carbocycles. The van der Waals surface area contributed by atoms with E-state index in [1.165, 1.54) is 6.33 Å². The van der Waals surface area contributed by atoms with Crippen molar-refractivity contribution in [2.75, 3.05) is 37.0 Å². The Labute approximate surface area is 146 Å². The van der Waals surface area contributed by atoms with Gasteiger partial charge in [-0.2, -0.15) is 14.6 Å². The van der Waals surface area contributed by atoms with E-state index < -0.39 is 0 Å². The van der Waals surface area contributed by atoms with Gasteiger partial charge in [0, 0.05) is 45.0 Å². The van der Waals surface area contributed by atoms with Gasteiger partial charge in [0.25, 0.3) is 5.78 Å². The average Bonchev–Trinajstić information content (AvgIpc) is 3.23. The molecule has 130 valence electrons. The van der Waals surface area contributed by atoms with Crippen LogP contribution in [0.25, 0.3) is 5.78 Å². The number of hydrogen-bond acceptors (Lipinski definition) is 7. The summed E-state index contributed by atoms with van der Waals surface area (Å²) in [5.74, 6) is 3.29. The summed E-state index contributed by atoms with van der Waals surface area (Å²) in [6, 6.07) is 5.91. The molecule has 25 heavy (non-hydrogen) atoms. The molecular weight excluding hydrogens is 318 g/mol. The van der Waals surface area contributed by atoms with Crippen LogP contribution in [0.3, 0.4) is 0 Å². The number of aryl methyl sites for hydroxylation is 1. The molecule has 1 aliphatic heterocycles. The molecule has 8 nitrogen and oxygen atoms in total. The lowest BCUT2D eigenvalue weighted by molar-refractivity contribution is 0.225. The SMILES string of the molecule is Cc1cc(N2CC[C@@H](Oc3cccnc3N(C)C)C2)n2ncnc2n1. The van der Waals surface area contributed by atoms with Gasteiger partial charge < -0.3 is 14.5 Å². The van der Waals surface area contributed by atoms with E-state index in [0.717, 1.165) is 42.6 Å². The summed E-state index contributed by atoms with van der Waals surface area (Å²) in [7, 11) is 3.94. The number of pyridine rings is 1. The van der Waals surface area contributed by atoms with E-state index in [0.29, 0.717) is 5.78 Å². The summed E-state index contributed by atoms with van der Waals surface area (Å²) in [6.07, 6.45) is 4.37. The van der Waals surface area contributed by atoms with Gasteiger partial charge >= 0.3 is 0 Å². The third-order valence-corrected chi connectivity index (χ3v) is 4.30. The maximum absolute atomic E-state index is 6.24. The van der Waals surface area contributed by atoms with Crippen LogP contribution in [0.2, 0.25) is 0 Å². The van der Waals surface area contributed by atoms with Crippen LogP contribution in [-0.2, 0) is 0 Å². The Morgan fingerprint density at radius 3 is 3.00 bits per heavy atom. The molecule has 4 rings (SSSR count). The van der Waals surface area contributed by atoms with Gasteiger partial charge in [0.1, 0.15) is 18.2 Å². The average molecular weight is 339 g/mol. The summed E-state index contributed by atoms with van der Waals surface area (Å²) >= 11 is 0. The second kappa shape index (κ2) is 6.19. The predicted octanol–water partition coefficient (Wildman–Crippen LogP) is 1.55. The first-order valence-electron chi connectivity index (χ1n) is 8.33. The third kappa shape index (κ3) is 2.95. The smallest absolute Gasteiger partial charge is 0.254 e. The van der Waals surface area contributed by atoms with Crippen molar-refractivity contribution >= 4 is 17.4 Å². The van der Waals surface area contributed by atoms with Crippen LogP contribution in [-0.4, -0.2) is 57.9 Å². The topological polar surface area (TPSA) is 71.7 Å². The minimum absolute atomic E-state index is 0.106. The molecule has 0 radical (unpaired) electrons. The number of ether oxygens (including phenoxy) is 1. The highest BCUT2D eigenvalue weighted by molar-refractivity contribution is 5.51. The zero-order valence-corrected chi connectivity index (χ0v) is 14.6. The fourth-order valence-corrected chi connectivity index (χ4v) is 3.16. The van der Waals surface area contributed by atoms with Crippen LogP contribution in [0.5, 0.6) is 5.75 Å². The van der Waals surface area contributed by atoms with Crippen LogP contribution in [0.15, 0.2) is 30.7 Å². The molecule has 3 aromatic heterocycles. The van der Waals surface area contributed by atoms with E-state index in [4.69, 9.17) is 4.74 Å². The molecule has 1 fully saturated rings. The van der Waals surface area contributed by atoms with Crippen molar-refractivity contribution in [3.63, 3.8) is 0 Å². The molecule has 0 N–H and O–H groups in total. The van der Waals surface area contributed by atoms with Crippen molar-refractivity contribution in [2.24, 2.45) is 0 Å². The van der Waals surface area contributed by atoms with Gasteiger partial charge in [-0.3, -0.25) is 0 Å². The van der Waals surface area contributed by atoms with Crippen LogP contribution in [0.4, 0.5) is 11.6 Å². The maximum atomic E-state index is 6.24. The lowest BCUT2D eigenvalue weighted by Gasteiger charge is -2.21. The van der Waals surface area contributed by atoms with E-state index >= 15 is 0 Å². The van der Waals surface area contributed by atoms with E-state index in [9.17, 15) is 0 Å². The molecule has 8 heteroatoms. The van der Waals surface area contributed by atoms with Gasteiger partial charge in [-0.1, -0.05) is 0 Å². The number of rotatable bonds is 4. The number of fused-ring (bicyclic) bond motifs is 1. The summed E-state index contributed by atoms with van der Waals surface area (Å²) < 4.78 is 8.02. The van der Waals surface area contributed by atoms with Gasteiger partial charge in [-0.05, 0) is 19.1 Å². The van der Waals surface area contributed by atoms with E-state index in [2.05, 4.69) is 25.0 Å². The van der Waals surface area contributed by atoms with Crippen LogP contribution < -0.4 is 14.5 Å². The molecule has 4 heterocycles. The Hall–Kier alpha value is -2.90. The molecule has 1 saturated heterocycles. The van der Waals surface area contributed by atoms with Crippen LogP contribution >= 0.6 is 0 Å². The molecule has 0 saturated carbocycles. The molecule has 0 bridgehead atoms. The summed E-state index contributed by atoms with van der Waals surface area (Å²) in [5.41, 5.74) is 0.932. The Morgan fingerprint density at radius 1 is 1.28 bits per heavy atom. The molecule has 3 aromatic rings. The summed E-state index contributed by atoms with van der Waals surface area (Å²) in [6.45, 7) is 3.67. The first-order valence-corrected chi connectivity index (χ1v) is 8.33. The van der Waals surface area contributed by atoms with Gasteiger partial charge in [0.05, 0.1) is 6.54 Å². The molecule has 1 aliphatic rings. The Bertz CT molecular complexity index is 892. The number of nitrogens with zero attached hydrogens (tertiary/aromatic N) is 7. The monoisotopic (exact) mass is 339 g/mol. The van der Waals surface area contributed by atoms with E-state index in [-0.39, 0.29) is 6.10 Å². The molecule has 0 unspecified atom stereocenters. The largest absolute Gasteiger partial charge is 0.485 e. The zero-order valence-electron chi connectivity index (χ0n) is 14.6. The maximum Gasteiger partial charge on any atom is 0.254 e.